The molecule has 0 amide bonds. The van der Waals surface area contributed by atoms with Crippen molar-refractivity contribution in [3.8, 4) is 0 Å². The first-order valence-electron chi connectivity index (χ1n) is 6.07. The van der Waals surface area contributed by atoms with Crippen LogP contribution in [0.15, 0.2) is 24.3 Å². The minimum absolute atomic E-state index is 0. The molecule has 1 spiro atoms. The van der Waals surface area contributed by atoms with Crippen molar-refractivity contribution in [3.05, 3.63) is 35.4 Å². The van der Waals surface area contributed by atoms with E-state index in [0.717, 1.165) is 0 Å². The number of hydrogen-bond donors (Lipinski definition) is 0. The molecular formula is C14H20ClN. The molecule has 1 nitrogen and oxygen atoms in total. The van der Waals surface area contributed by atoms with Crippen LogP contribution in [0.25, 0.3) is 0 Å². The second-order valence-electron chi connectivity index (χ2n) is 5.28. The highest BCUT2D eigenvalue weighted by Gasteiger charge is 2.40. The van der Waals surface area contributed by atoms with E-state index >= 15 is 0 Å². The van der Waals surface area contributed by atoms with Crippen molar-refractivity contribution in [1.29, 1.82) is 0 Å². The summed E-state index contributed by atoms with van der Waals surface area (Å²) in [7, 11) is 2.26. The Morgan fingerprint density at radius 1 is 1.19 bits per heavy atom. The van der Waals surface area contributed by atoms with Gasteiger partial charge in [-0.25, -0.2) is 0 Å². The van der Waals surface area contributed by atoms with Gasteiger partial charge in [0.1, 0.15) is 0 Å². The maximum absolute atomic E-state index is 2.49. The highest BCUT2D eigenvalue weighted by atomic mass is 35.5. The van der Waals surface area contributed by atoms with Crippen LogP contribution in [0, 0.1) is 0 Å². The molecule has 0 saturated carbocycles. The SMILES string of the molecule is CN1CCC2(CCCc3ccccc32)C1.Cl. The first-order valence-corrected chi connectivity index (χ1v) is 6.07. The smallest absolute Gasteiger partial charge is 0.00951 e. The van der Waals surface area contributed by atoms with Gasteiger partial charge < -0.3 is 4.90 Å². The lowest BCUT2D eigenvalue weighted by molar-refractivity contribution is 0.335. The normalized spacial score (nSPS) is 28.8. The third-order valence-electron chi connectivity index (χ3n) is 4.23. The Kier molecular flexibility index (Phi) is 3.27. The predicted octanol–water partition coefficient (Wildman–Crippen LogP) is 3.02. The van der Waals surface area contributed by atoms with Crippen molar-refractivity contribution in [3.63, 3.8) is 0 Å². The van der Waals surface area contributed by atoms with Gasteiger partial charge in [-0.05, 0) is 50.4 Å². The van der Waals surface area contributed by atoms with Crippen molar-refractivity contribution >= 4 is 12.4 Å². The van der Waals surface area contributed by atoms with Gasteiger partial charge in [0.2, 0.25) is 0 Å². The van der Waals surface area contributed by atoms with E-state index in [1.807, 2.05) is 0 Å². The zero-order valence-electron chi connectivity index (χ0n) is 9.91. The number of hydrogen-bond acceptors (Lipinski definition) is 1. The molecule has 3 rings (SSSR count). The van der Waals surface area contributed by atoms with Crippen LogP contribution < -0.4 is 0 Å². The van der Waals surface area contributed by atoms with Gasteiger partial charge in [-0.2, -0.15) is 0 Å². The van der Waals surface area contributed by atoms with E-state index in [0.29, 0.717) is 5.41 Å². The average molecular weight is 238 g/mol. The minimum atomic E-state index is 0. The summed E-state index contributed by atoms with van der Waals surface area (Å²) in [5, 5.41) is 0. The lowest BCUT2D eigenvalue weighted by atomic mass is 9.69. The van der Waals surface area contributed by atoms with E-state index in [1.54, 1.807) is 11.1 Å². The summed E-state index contributed by atoms with van der Waals surface area (Å²) in [5.74, 6) is 0. The van der Waals surface area contributed by atoms with E-state index < -0.39 is 0 Å². The van der Waals surface area contributed by atoms with Crippen LogP contribution in [0.1, 0.15) is 30.4 Å². The maximum atomic E-state index is 2.49. The Hall–Kier alpha value is -0.530. The Morgan fingerprint density at radius 2 is 2.00 bits per heavy atom. The standard InChI is InChI=1S/C14H19N.ClH/c1-15-10-9-14(11-15)8-4-6-12-5-2-3-7-13(12)14;/h2-3,5,7H,4,6,8-11H2,1H3;1H. The summed E-state index contributed by atoms with van der Waals surface area (Å²) in [4.78, 5) is 2.49. The third-order valence-corrected chi connectivity index (χ3v) is 4.23. The Labute approximate surface area is 104 Å². The lowest BCUT2D eigenvalue weighted by Gasteiger charge is -2.35. The van der Waals surface area contributed by atoms with Crippen molar-refractivity contribution in [2.75, 3.05) is 20.1 Å². The van der Waals surface area contributed by atoms with Gasteiger partial charge in [0.25, 0.3) is 0 Å². The van der Waals surface area contributed by atoms with Crippen LogP contribution in [-0.2, 0) is 11.8 Å². The van der Waals surface area contributed by atoms with Crippen molar-refractivity contribution in [2.45, 2.75) is 31.1 Å². The Morgan fingerprint density at radius 3 is 2.75 bits per heavy atom. The molecule has 0 bridgehead atoms. The first-order chi connectivity index (χ1) is 7.30. The molecule has 1 saturated heterocycles. The molecule has 1 heterocycles. The Bertz CT molecular complexity index is 377. The topological polar surface area (TPSA) is 3.24 Å². The summed E-state index contributed by atoms with van der Waals surface area (Å²) < 4.78 is 0. The zero-order chi connectivity index (χ0) is 10.3. The second-order valence-corrected chi connectivity index (χ2v) is 5.28. The van der Waals surface area contributed by atoms with E-state index in [4.69, 9.17) is 0 Å². The number of likely N-dealkylation sites (tertiary alicyclic amines) is 1. The number of halogens is 1. The number of rotatable bonds is 0. The van der Waals surface area contributed by atoms with Crippen LogP contribution in [0.2, 0.25) is 0 Å². The number of likely N-dealkylation sites (N-methyl/N-ethyl adjacent to an activating group) is 1. The van der Waals surface area contributed by atoms with Gasteiger partial charge in [0, 0.05) is 12.0 Å². The zero-order valence-corrected chi connectivity index (χ0v) is 10.7. The van der Waals surface area contributed by atoms with Crippen LogP contribution in [0.3, 0.4) is 0 Å². The molecule has 2 aliphatic rings. The van der Waals surface area contributed by atoms with E-state index in [-0.39, 0.29) is 12.4 Å². The molecule has 1 aliphatic carbocycles. The molecule has 1 aliphatic heterocycles. The van der Waals surface area contributed by atoms with Crippen molar-refractivity contribution in [2.24, 2.45) is 0 Å². The average Bonchev–Trinajstić information content (AvgIpc) is 2.62. The lowest BCUT2D eigenvalue weighted by Crippen LogP contribution is -2.33. The summed E-state index contributed by atoms with van der Waals surface area (Å²) in [5.41, 5.74) is 3.77. The number of aryl methyl sites for hydroxylation is 1. The van der Waals surface area contributed by atoms with Gasteiger partial charge in [-0.15, -0.1) is 12.4 Å². The quantitative estimate of drug-likeness (QED) is 0.671. The number of nitrogens with zero attached hydrogens (tertiary/aromatic N) is 1. The number of benzene rings is 1. The maximum Gasteiger partial charge on any atom is 0.00951 e. The molecule has 0 radical (unpaired) electrons. The molecule has 1 atom stereocenters. The molecule has 1 fully saturated rings. The van der Waals surface area contributed by atoms with Crippen molar-refractivity contribution < 1.29 is 0 Å². The molecule has 1 aromatic carbocycles. The van der Waals surface area contributed by atoms with Gasteiger partial charge in [0.05, 0.1) is 0 Å². The van der Waals surface area contributed by atoms with Crippen LogP contribution in [-0.4, -0.2) is 25.0 Å². The summed E-state index contributed by atoms with van der Waals surface area (Å²) in [6.07, 6.45) is 5.43. The van der Waals surface area contributed by atoms with Gasteiger partial charge in [-0.1, -0.05) is 24.3 Å². The van der Waals surface area contributed by atoms with Crippen molar-refractivity contribution in [1.82, 2.24) is 4.90 Å². The van der Waals surface area contributed by atoms with Crippen LogP contribution in [0.5, 0.6) is 0 Å². The third kappa shape index (κ3) is 1.76. The van der Waals surface area contributed by atoms with Gasteiger partial charge in [0.15, 0.2) is 0 Å². The van der Waals surface area contributed by atoms with Crippen LogP contribution >= 0.6 is 12.4 Å². The van der Waals surface area contributed by atoms with Gasteiger partial charge >= 0.3 is 0 Å². The monoisotopic (exact) mass is 237 g/mol. The largest absolute Gasteiger partial charge is 0.305 e. The fraction of sp³-hybridized carbons (Fsp3) is 0.571. The fourth-order valence-electron chi connectivity index (χ4n) is 3.51. The first kappa shape index (κ1) is 11.9. The predicted molar refractivity (Wildman–Crippen MR) is 70.4 cm³/mol. The van der Waals surface area contributed by atoms with E-state index in [1.165, 1.54) is 38.8 Å². The van der Waals surface area contributed by atoms with E-state index in [2.05, 4.69) is 36.2 Å². The second kappa shape index (κ2) is 4.38. The molecule has 0 N–H and O–H groups in total. The highest BCUT2D eigenvalue weighted by molar-refractivity contribution is 5.85. The number of fused-ring (bicyclic) bond motifs is 2. The molecule has 1 unspecified atom stereocenters. The molecule has 0 aromatic heterocycles. The fourth-order valence-corrected chi connectivity index (χ4v) is 3.51. The molecular weight excluding hydrogens is 218 g/mol. The molecule has 1 aromatic rings. The molecule has 88 valence electrons. The summed E-state index contributed by atoms with van der Waals surface area (Å²) >= 11 is 0. The summed E-state index contributed by atoms with van der Waals surface area (Å²) in [6.45, 7) is 2.54. The summed E-state index contributed by atoms with van der Waals surface area (Å²) in [6, 6.07) is 9.10. The highest BCUT2D eigenvalue weighted by Crippen LogP contribution is 2.43. The van der Waals surface area contributed by atoms with Gasteiger partial charge in [-0.3, -0.25) is 0 Å². The Balaban J connectivity index is 0.000000963. The minimum Gasteiger partial charge on any atom is -0.305 e. The van der Waals surface area contributed by atoms with E-state index in [9.17, 15) is 0 Å². The molecule has 2 heteroatoms. The van der Waals surface area contributed by atoms with Crippen LogP contribution in [0.4, 0.5) is 0 Å². The molecule has 16 heavy (non-hydrogen) atoms.